The van der Waals surface area contributed by atoms with Crippen molar-refractivity contribution in [3.63, 3.8) is 0 Å². The average Bonchev–Trinajstić information content (AvgIpc) is 2.49. The molecule has 1 aromatic rings. The van der Waals surface area contributed by atoms with E-state index in [0.717, 1.165) is 31.6 Å². The molecule has 1 amide bonds. The molecule has 1 saturated heterocycles. The van der Waals surface area contributed by atoms with E-state index in [-0.39, 0.29) is 5.91 Å². The number of anilines is 1. The number of carbonyl (C=O) groups excluding carboxylic acids is 1. The highest BCUT2D eigenvalue weighted by atomic mass is 16.2. The first-order valence-corrected chi connectivity index (χ1v) is 8.61. The molecule has 0 aliphatic carbocycles. The van der Waals surface area contributed by atoms with Gasteiger partial charge in [0.05, 0.1) is 0 Å². The number of aryl methyl sites for hydroxylation is 2. The number of benzene rings is 1. The second-order valence-corrected chi connectivity index (χ2v) is 6.58. The second kappa shape index (κ2) is 7.77. The summed E-state index contributed by atoms with van der Waals surface area (Å²) in [6.45, 7) is 8.65. The first-order valence-electron chi connectivity index (χ1n) is 8.61. The summed E-state index contributed by atoms with van der Waals surface area (Å²) < 4.78 is 0. The molecule has 1 unspecified atom stereocenters. The van der Waals surface area contributed by atoms with Crippen LogP contribution in [0.1, 0.15) is 50.2 Å². The summed E-state index contributed by atoms with van der Waals surface area (Å²) in [5.74, 6) is 0.241. The lowest BCUT2D eigenvalue weighted by atomic mass is 9.98. The number of carbonyl (C=O) groups is 1. The Morgan fingerprint density at radius 2 is 1.95 bits per heavy atom. The third-order valence-corrected chi connectivity index (χ3v) is 4.82. The van der Waals surface area contributed by atoms with E-state index >= 15 is 0 Å². The number of rotatable bonds is 5. The lowest BCUT2D eigenvalue weighted by Gasteiger charge is -2.36. The Bertz CT molecular complexity index is 490. The minimum atomic E-state index is 0.241. The van der Waals surface area contributed by atoms with Crippen LogP contribution in [0.5, 0.6) is 0 Å². The van der Waals surface area contributed by atoms with Gasteiger partial charge in [0.1, 0.15) is 0 Å². The van der Waals surface area contributed by atoms with Gasteiger partial charge in [-0.05, 0) is 57.3 Å². The smallest absolute Gasteiger partial charge is 0.228 e. The fraction of sp³-hybridized carbons (Fsp3) is 0.632. The Morgan fingerprint density at radius 1 is 1.27 bits per heavy atom. The lowest BCUT2D eigenvalue weighted by Crippen LogP contribution is -2.43. The monoisotopic (exact) mass is 302 g/mol. The number of piperidine rings is 1. The fourth-order valence-electron chi connectivity index (χ4n) is 3.67. The van der Waals surface area contributed by atoms with Gasteiger partial charge in [-0.2, -0.15) is 0 Å². The van der Waals surface area contributed by atoms with Gasteiger partial charge >= 0.3 is 0 Å². The van der Waals surface area contributed by atoms with Crippen LogP contribution in [0.15, 0.2) is 18.2 Å². The summed E-state index contributed by atoms with van der Waals surface area (Å²) in [5.41, 5.74) is 3.42. The van der Waals surface area contributed by atoms with Gasteiger partial charge in [-0.15, -0.1) is 0 Å². The molecule has 3 nitrogen and oxygen atoms in total. The Hall–Kier alpha value is -1.35. The standard InChI is InChI=1S/C19H30N2O/c1-5-12-21-13-7-6-11-17(21)14-18(22)20(4)19-15(2)9-8-10-16(19)3/h8-10,17H,5-7,11-14H2,1-4H3. The Kier molecular flexibility index (Phi) is 6.01. The van der Waals surface area contributed by atoms with Crippen molar-refractivity contribution in [1.82, 2.24) is 4.90 Å². The van der Waals surface area contributed by atoms with Gasteiger partial charge in [-0.3, -0.25) is 9.69 Å². The molecule has 1 fully saturated rings. The second-order valence-electron chi connectivity index (χ2n) is 6.58. The summed E-state index contributed by atoms with van der Waals surface area (Å²) in [6.07, 6.45) is 5.50. The molecule has 1 aromatic carbocycles. The number of likely N-dealkylation sites (tertiary alicyclic amines) is 1. The van der Waals surface area contributed by atoms with E-state index in [2.05, 4.69) is 43.9 Å². The number of hydrogen-bond acceptors (Lipinski definition) is 2. The molecular formula is C19H30N2O. The van der Waals surface area contributed by atoms with Gasteiger partial charge in [-0.25, -0.2) is 0 Å². The zero-order chi connectivity index (χ0) is 16.1. The highest BCUT2D eigenvalue weighted by Gasteiger charge is 2.26. The van der Waals surface area contributed by atoms with Crippen molar-refractivity contribution in [1.29, 1.82) is 0 Å². The van der Waals surface area contributed by atoms with Crippen molar-refractivity contribution in [3.05, 3.63) is 29.3 Å². The number of amides is 1. The van der Waals surface area contributed by atoms with Crippen LogP contribution in [0.4, 0.5) is 5.69 Å². The van der Waals surface area contributed by atoms with Gasteiger partial charge < -0.3 is 4.90 Å². The van der Waals surface area contributed by atoms with E-state index in [0.29, 0.717) is 12.5 Å². The van der Waals surface area contributed by atoms with Crippen molar-refractivity contribution < 1.29 is 4.79 Å². The van der Waals surface area contributed by atoms with E-state index < -0.39 is 0 Å². The van der Waals surface area contributed by atoms with Crippen LogP contribution in [0.3, 0.4) is 0 Å². The summed E-state index contributed by atoms with van der Waals surface area (Å²) in [7, 11) is 1.92. The molecule has 1 aliphatic rings. The van der Waals surface area contributed by atoms with Crippen LogP contribution in [0, 0.1) is 13.8 Å². The zero-order valence-electron chi connectivity index (χ0n) is 14.6. The van der Waals surface area contributed by atoms with Gasteiger partial charge in [0.2, 0.25) is 5.91 Å². The van der Waals surface area contributed by atoms with E-state index in [1.54, 1.807) is 0 Å². The Balaban J connectivity index is 2.07. The molecule has 2 rings (SSSR count). The molecule has 1 heterocycles. The van der Waals surface area contributed by atoms with E-state index in [1.807, 2.05) is 11.9 Å². The van der Waals surface area contributed by atoms with E-state index in [1.165, 1.54) is 24.0 Å². The third kappa shape index (κ3) is 3.89. The summed E-state index contributed by atoms with van der Waals surface area (Å²) >= 11 is 0. The Morgan fingerprint density at radius 3 is 2.59 bits per heavy atom. The van der Waals surface area contributed by atoms with E-state index in [4.69, 9.17) is 0 Å². The predicted molar refractivity (Wildman–Crippen MR) is 93.4 cm³/mol. The summed E-state index contributed by atoms with van der Waals surface area (Å²) in [4.78, 5) is 17.1. The van der Waals surface area contributed by atoms with Crippen LogP contribution in [0.25, 0.3) is 0 Å². The number of para-hydroxylation sites is 1. The van der Waals surface area contributed by atoms with Crippen molar-refractivity contribution in [2.75, 3.05) is 25.0 Å². The van der Waals surface area contributed by atoms with Gasteiger partial charge in [0.15, 0.2) is 0 Å². The topological polar surface area (TPSA) is 23.6 Å². The predicted octanol–water partition coefficient (Wildman–Crippen LogP) is 3.92. The van der Waals surface area contributed by atoms with Crippen molar-refractivity contribution in [2.45, 2.75) is 58.9 Å². The van der Waals surface area contributed by atoms with Crippen molar-refractivity contribution >= 4 is 11.6 Å². The normalized spacial score (nSPS) is 19.2. The fourth-order valence-corrected chi connectivity index (χ4v) is 3.67. The summed E-state index contributed by atoms with van der Waals surface area (Å²) in [6, 6.07) is 6.64. The lowest BCUT2D eigenvalue weighted by molar-refractivity contribution is -0.119. The van der Waals surface area contributed by atoms with Crippen molar-refractivity contribution in [3.8, 4) is 0 Å². The zero-order valence-corrected chi connectivity index (χ0v) is 14.6. The maximum Gasteiger partial charge on any atom is 0.228 e. The largest absolute Gasteiger partial charge is 0.315 e. The molecule has 0 N–H and O–H groups in total. The number of hydrogen-bond donors (Lipinski definition) is 0. The van der Waals surface area contributed by atoms with Gasteiger partial charge in [0.25, 0.3) is 0 Å². The van der Waals surface area contributed by atoms with Crippen LogP contribution < -0.4 is 4.90 Å². The van der Waals surface area contributed by atoms with Crippen LogP contribution in [-0.2, 0) is 4.79 Å². The Labute approximate surface area is 135 Å². The van der Waals surface area contributed by atoms with Gasteiger partial charge in [0, 0.05) is 25.2 Å². The minimum Gasteiger partial charge on any atom is -0.315 e. The molecule has 0 spiro atoms. The van der Waals surface area contributed by atoms with Crippen molar-refractivity contribution in [2.24, 2.45) is 0 Å². The maximum atomic E-state index is 12.8. The molecular weight excluding hydrogens is 272 g/mol. The molecule has 3 heteroatoms. The number of nitrogens with zero attached hydrogens (tertiary/aromatic N) is 2. The molecule has 0 radical (unpaired) electrons. The maximum absolute atomic E-state index is 12.8. The molecule has 22 heavy (non-hydrogen) atoms. The molecule has 1 aliphatic heterocycles. The van der Waals surface area contributed by atoms with Gasteiger partial charge in [-0.1, -0.05) is 31.5 Å². The average molecular weight is 302 g/mol. The van der Waals surface area contributed by atoms with Crippen LogP contribution in [-0.4, -0.2) is 37.0 Å². The first kappa shape index (κ1) is 17.0. The molecule has 122 valence electrons. The minimum absolute atomic E-state index is 0.241. The quantitative estimate of drug-likeness (QED) is 0.823. The van der Waals surface area contributed by atoms with Crippen LogP contribution >= 0.6 is 0 Å². The molecule has 0 saturated carbocycles. The van der Waals surface area contributed by atoms with Crippen LogP contribution in [0.2, 0.25) is 0 Å². The summed E-state index contributed by atoms with van der Waals surface area (Å²) in [5, 5.41) is 0. The molecule has 1 atom stereocenters. The highest BCUT2D eigenvalue weighted by Crippen LogP contribution is 2.26. The van der Waals surface area contributed by atoms with E-state index in [9.17, 15) is 4.79 Å². The third-order valence-electron chi connectivity index (χ3n) is 4.82. The molecule has 0 bridgehead atoms. The first-order chi connectivity index (χ1) is 10.5. The highest BCUT2D eigenvalue weighted by molar-refractivity contribution is 5.94. The molecule has 0 aromatic heterocycles. The SMILES string of the molecule is CCCN1CCCCC1CC(=O)N(C)c1c(C)cccc1C.